The van der Waals surface area contributed by atoms with E-state index in [2.05, 4.69) is 0 Å². The number of para-hydroxylation sites is 1. The lowest BCUT2D eigenvalue weighted by Crippen LogP contribution is -2.48. The van der Waals surface area contributed by atoms with E-state index in [-0.39, 0.29) is 6.42 Å². The lowest BCUT2D eigenvalue weighted by atomic mass is 10.1. The van der Waals surface area contributed by atoms with E-state index in [0.717, 1.165) is 5.56 Å². The molecule has 1 heterocycles. The highest BCUT2D eigenvalue weighted by Gasteiger charge is 2.38. The number of hydrogen-bond donors (Lipinski definition) is 2. The summed E-state index contributed by atoms with van der Waals surface area (Å²) in [6.07, 6.45) is -7.14. The molecule has 0 aliphatic carbocycles. The van der Waals surface area contributed by atoms with Gasteiger partial charge >= 0.3 is 12.1 Å². The summed E-state index contributed by atoms with van der Waals surface area (Å²) in [7, 11) is 0. The van der Waals surface area contributed by atoms with Crippen LogP contribution in [-0.4, -0.2) is 35.3 Å². The highest BCUT2D eigenvalue weighted by atomic mass is 19.4. The monoisotopic (exact) mass is 303 g/mol. The average Bonchev–Trinajstić information content (AvgIpc) is 2.80. The lowest BCUT2D eigenvalue weighted by molar-refractivity contribution is -0.160. The van der Waals surface area contributed by atoms with E-state index in [0.29, 0.717) is 5.75 Å². The molecule has 0 bridgehead atoms. The van der Waals surface area contributed by atoms with E-state index in [1.54, 1.807) is 24.3 Å². The first-order chi connectivity index (χ1) is 9.76. The Labute approximate surface area is 117 Å². The van der Waals surface area contributed by atoms with Crippen molar-refractivity contribution in [2.45, 2.75) is 31.2 Å². The molecule has 0 saturated carbocycles. The number of hydrogen-bond acceptors (Lipinski definition) is 3. The van der Waals surface area contributed by atoms with Crippen LogP contribution in [0, 0.1) is 0 Å². The molecule has 114 valence electrons. The summed E-state index contributed by atoms with van der Waals surface area (Å²) in [6, 6.07) is 4.78. The number of carbonyl (C=O) groups excluding carboxylic acids is 1. The Kier molecular flexibility index (Phi) is 4.06. The number of aliphatic carboxylic acids is 1. The van der Waals surface area contributed by atoms with Crippen molar-refractivity contribution in [2.24, 2.45) is 0 Å². The third-order valence-electron chi connectivity index (χ3n) is 2.99. The van der Waals surface area contributed by atoms with Gasteiger partial charge in [-0.2, -0.15) is 13.2 Å². The van der Waals surface area contributed by atoms with Crippen molar-refractivity contribution < 1.29 is 32.6 Å². The minimum atomic E-state index is -4.68. The first kappa shape index (κ1) is 15.1. The van der Waals surface area contributed by atoms with Crippen LogP contribution in [-0.2, 0) is 16.0 Å². The topological polar surface area (TPSA) is 75.6 Å². The third kappa shape index (κ3) is 3.87. The van der Waals surface area contributed by atoms with Crippen molar-refractivity contribution >= 4 is 11.9 Å². The maximum Gasteiger partial charge on any atom is 0.391 e. The molecule has 2 N–H and O–H groups in total. The van der Waals surface area contributed by atoms with Gasteiger partial charge in [0.25, 0.3) is 5.91 Å². The van der Waals surface area contributed by atoms with Crippen LogP contribution in [0.25, 0.3) is 0 Å². The number of alkyl halides is 3. The van der Waals surface area contributed by atoms with Crippen LogP contribution >= 0.6 is 0 Å². The predicted octanol–water partition coefficient (Wildman–Crippen LogP) is 1.51. The van der Waals surface area contributed by atoms with Crippen molar-refractivity contribution in [3.8, 4) is 5.75 Å². The van der Waals surface area contributed by atoms with Crippen LogP contribution in [0.5, 0.6) is 5.75 Å². The molecule has 2 unspecified atom stereocenters. The molecule has 1 aliphatic heterocycles. The standard InChI is InChI=1S/C13H12F3NO4/c14-13(15,16)6-8(12(19)20)17-11(18)10-5-7-3-1-2-4-9(7)21-10/h1-4,8,10H,5-6H2,(H,17,18)(H,19,20). The van der Waals surface area contributed by atoms with Crippen LogP contribution in [0.4, 0.5) is 13.2 Å². The van der Waals surface area contributed by atoms with Gasteiger partial charge in [0.1, 0.15) is 11.8 Å². The second-order valence-electron chi connectivity index (χ2n) is 4.64. The minimum Gasteiger partial charge on any atom is -0.480 e. The van der Waals surface area contributed by atoms with E-state index >= 15 is 0 Å². The van der Waals surface area contributed by atoms with Gasteiger partial charge < -0.3 is 15.2 Å². The molecule has 2 atom stereocenters. The Morgan fingerprint density at radius 3 is 2.62 bits per heavy atom. The van der Waals surface area contributed by atoms with Crippen LogP contribution < -0.4 is 10.1 Å². The molecule has 1 aromatic rings. The molecule has 1 aliphatic rings. The Morgan fingerprint density at radius 2 is 2.05 bits per heavy atom. The lowest BCUT2D eigenvalue weighted by Gasteiger charge is -2.18. The third-order valence-corrected chi connectivity index (χ3v) is 2.99. The molecule has 0 radical (unpaired) electrons. The van der Waals surface area contributed by atoms with E-state index in [9.17, 15) is 22.8 Å². The smallest absolute Gasteiger partial charge is 0.391 e. The number of carboxylic acids is 1. The fourth-order valence-electron chi connectivity index (χ4n) is 2.02. The van der Waals surface area contributed by atoms with Crippen LogP contribution in [0.15, 0.2) is 24.3 Å². The number of carbonyl (C=O) groups is 2. The number of amides is 1. The second kappa shape index (κ2) is 5.63. The molecule has 8 heteroatoms. The zero-order valence-corrected chi connectivity index (χ0v) is 10.7. The van der Waals surface area contributed by atoms with Crippen molar-refractivity contribution in [1.82, 2.24) is 5.32 Å². The van der Waals surface area contributed by atoms with E-state index < -0.39 is 36.6 Å². The van der Waals surface area contributed by atoms with Crippen molar-refractivity contribution in [1.29, 1.82) is 0 Å². The Bertz CT molecular complexity index is 534. The minimum absolute atomic E-state index is 0.195. The van der Waals surface area contributed by atoms with Gasteiger partial charge in [-0.1, -0.05) is 18.2 Å². The first-order valence-corrected chi connectivity index (χ1v) is 6.11. The van der Waals surface area contributed by atoms with Gasteiger partial charge in [0.05, 0.1) is 6.42 Å². The zero-order valence-electron chi connectivity index (χ0n) is 10.7. The Hall–Kier alpha value is -2.25. The number of carboxylic acid groups (broad SMARTS) is 1. The number of nitrogens with one attached hydrogen (secondary N) is 1. The van der Waals surface area contributed by atoms with Crippen LogP contribution in [0.1, 0.15) is 12.0 Å². The Balaban J connectivity index is 2.00. The van der Waals surface area contributed by atoms with E-state index in [1.807, 2.05) is 5.32 Å². The molecule has 5 nitrogen and oxygen atoms in total. The SMILES string of the molecule is O=C(O)C(CC(F)(F)F)NC(=O)C1Cc2ccccc2O1. The van der Waals surface area contributed by atoms with Crippen LogP contribution in [0.3, 0.4) is 0 Å². The van der Waals surface area contributed by atoms with Gasteiger partial charge in [-0.15, -0.1) is 0 Å². The fourth-order valence-corrected chi connectivity index (χ4v) is 2.02. The van der Waals surface area contributed by atoms with Gasteiger partial charge in [-0.05, 0) is 11.6 Å². The molecule has 0 spiro atoms. The molecule has 2 rings (SSSR count). The fraction of sp³-hybridized carbons (Fsp3) is 0.385. The number of benzene rings is 1. The zero-order chi connectivity index (χ0) is 15.6. The summed E-state index contributed by atoms with van der Waals surface area (Å²) in [5.74, 6) is -2.14. The normalized spacial score (nSPS) is 18.5. The highest BCUT2D eigenvalue weighted by Crippen LogP contribution is 2.28. The van der Waals surface area contributed by atoms with Gasteiger partial charge in [0.2, 0.25) is 0 Å². The molecular weight excluding hydrogens is 291 g/mol. The number of fused-ring (bicyclic) bond motifs is 1. The number of halogens is 3. The molecular formula is C13H12F3NO4. The maximum atomic E-state index is 12.3. The predicted molar refractivity (Wildman–Crippen MR) is 64.8 cm³/mol. The number of ether oxygens (including phenoxy) is 1. The first-order valence-electron chi connectivity index (χ1n) is 6.11. The molecule has 0 saturated heterocycles. The summed E-state index contributed by atoms with van der Waals surface area (Å²) in [6.45, 7) is 0. The summed E-state index contributed by atoms with van der Waals surface area (Å²) < 4.78 is 42.1. The van der Waals surface area contributed by atoms with Crippen LogP contribution in [0.2, 0.25) is 0 Å². The summed E-state index contributed by atoms with van der Waals surface area (Å²) in [4.78, 5) is 22.6. The van der Waals surface area contributed by atoms with Gasteiger partial charge in [-0.3, -0.25) is 4.79 Å². The van der Waals surface area contributed by atoms with Gasteiger partial charge in [0, 0.05) is 6.42 Å². The Morgan fingerprint density at radius 1 is 1.38 bits per heavy atom. The largest absolute Gasteiger partial charge is 0.480 e. The van der Waals surface area contributed by atoms with E-state index in [4.69, 9.17) is 9.84 Å². The van der Waals surface area contributed by atoms with Gasteiger partial charge in [0.15, 0.2) is 6.10 Å². The van der Waals surface area contributed by atoms with Crippen molar-refractivity contribution in [3.63, 3.8) is 0 Å². The van der Waals surface area contributed by atoms with Crippen molar-refractivity contribution in [3.05, 3.63) is 29.8 Å². The summed E-state index contributed by atoms with van der Waals surface area (Å²) >= 11 is 0. The average molecular weight is 303 g/mol. The molecule has 0 fully saturated rings. The maximum absolute atomic E-state index is 12.3. The van der Waals surface area contributed by atoms with E-state index in [1.165, 1.54) is 0 Å². The van der Waals surface area contributed by atoms with Gasteiger partial charge in [-0.25, -0.2) is 4.79 Å². The molecule has 0 aromatic heterocycles. The molecule has 1 amide bonds. The summed E-state index contributed by atoms with van der Waals surface area (Å²) in [5, 5.41) is 10.6. The number of rotatable bonds is 4. The second-order valence-corrected chi connectivity index (χ2v) is 4.64. The highest BCUT2D eigenvalue weighted by molar-refractivity contribution is 5.87. The summed E-state index contributed by atoms with van der Waals surface area (Å²) in [5.41, 5.74) is 0.750. The molecule has 21 heavy (non-hydrogen) atoms. The molecule has 1 aromatic carbocycles. The quantitative estimate of drug-likeness (QED) is 0.884. The van der Waals surface area contributed by atoms with Crippen molar-refractivity contribution in [2.75, 3.05) is 0 Å².